The van der Waals surface area contributed by atoms with Crippen molar-refractivity contribution in [3.8, 4) is 5.75 Å². The third-order valence-corrected chi connectivity index (χ3v) is 9.61. The lowest BCUT2D eigenvalue weighted by Gasteiger charge is -2.32. The van der Waals surface area contributed by atoms with Crippen LogP contribution in [0, 0.1) is 0 Å². The van der Waals surface area contributed by atoms with Crippen molar-refractivity contribution < 1.29 is 23.1 Å². The van der Waals surface area contributed by atoms with Crippen LogP contribution in [0.15, 0.2) is 41.4 Å². The number of nitrogens with one attached hydrogen (secondary N) is 1. The fourth-order valence-electron chi connectivity index (χ4n) is 6.02. The van der Waals surface area contributed by atoms with Crippen molar-refractivity contribution in [3.63, 3.8) is 0 Å². The number of benzene rings is 1. The van der Waals surface area contributed by atoms with Gasteiger partial charge in [0.05, 0.1) is 5.60 Å². The van der Waals surface area contributed by atoms with Crippen molar-refractivity contribution in [1.82, 2.24) is 9.71 Å². The molecule has 1 aliphatic heterocycles. The van der Waals surface area contributed by atoms with Crippen LogP contribution in [0.4, 0.5) is 5.82 Å². The Kier molecular flexibility index (Phi) is 7.64. The van der Waals surface area contributed by atoms with Crippen molar-refractivity contribution in [3.05, 3.63) is 47.0 Å². The van der Waals surface area contributed by atoms with Crippen molar-refractivity contribution in [1.29, 1.82) is 0 Å². The van der Waals surface area contributed by atoms with E-state index in [1.165, 1.54) is 12.5 Å². The predicted octanol–water partition coefficient (Wildman–Crippen LogP) is 4.94. The SMILES string of the molecule is CC1(O)CCN(c2cccc(S(=O)(=O)NC(=O)C3(Oc4cc(Cl)ccc4C4CCCCC4)CCCC3)n2)C1. The molecule has 206 valence electrons. The minimum atomic E-state index is -4.25. The number of sulfonamides is 1. The number of halogens is 1. The van der Waals surface area contributed by atoms with E-state index in [4.69, 9.17) is 16.3 Å². The zero-order valence-corrected chi connectivity index (χ0v) is 23.4. The molecule has 38 heavy (non-hydrogen) atoms. The average Bonchev–Trinajstić information content (AvgIpc) is 3.51. The summed E-state index contributed by atoms with van der Waals surface area (Å²) in [6.45, 7) is 2.67. The summed E-state index contributed by atoms with van der Waals surface area (Å²) in [4.78, 5) is 19.8. The Balaban J connectivity index is 1.38. The molecule has 3 fully saturated rings. The van der Waals surface area contributed by atoms with Crippen LogP contribution in [0.25, 0.3) is 0 Å². The van der Waals surface area contributed by atoms with Crippen LogP contribution in [-0.2, 0) is 14.8 Å². The minimum absolute atomic E-state index is 0.242. The summed E-state index contributed by atoms with van der Waals surface area (Å²) in [5, 5.41) is 10.6. The number of aliphatic hydroxyl groups is 1. The standard InChI is InChI=1S/C28H36ClN3O5S/c1-27(34)16-17-32(19-27)24-10-7-11-25(30-24)38(35,36)31-26(33)28(14-5-6-15-28)37-23-18-21(29)12-13-22(23)20-8-3-2-4-9-20/h7,10-13,18,20,34H,2-6,8-9,14-17,19H2,1H3,(H,31,33). The molecule has 10 heteroatoms. The van der Waals surface area contributed by atoms with E-state index in [-0.39, 0.29) is 5.03 Å². The molecule has 1 amide bonds. The Hall–Kier alpha value is -2.36. The molecule has 2 saturated carbocycles. The van der Waals surface area contributed by atoms with E-state index in [0.717, 1.165) is 44.1 Å². The molecule has 1 saturated heterocycles. The number of anilines is 1. The molecule has 2 heterocycles. The quantitative estimate of drug-likeness (QED) is 0.493. The average molecular weight is 562 g/mol. The van der Waals surface area contributed by atoms with Gasteiger partial charge in [-0.1, -0.05) is 43.0 Å². The van der Waals surface area contributed by atoms with E-state index in [1.54, 1.807) is 25.1 Å². The number of carbonyl (C=O) groups is 1. The second-order valence-corrected chi connectivity index (χ2v) is 13.3. The minimum Gasteiger partial charge on any atom is -0.477 e. The highest BCUT2D eigenvalue weighted by molar-refractivity contribution is 7.90. The summed E-state index contributed by atoms with van der Waals surface area (Å²) < 4.78 is 35.4. The smallest absolute Gasteiger partial charge is 0.281 e. The second kappa shape index (κ2) is 10.7. The van der Waals surface area contributed by atoms with E-state index in [1.807, 2.05) is 17.0 Å². The maximum absolute atomic E-state index is 13.6. The molecule has 0 radical (unpaired) electrons. The number of β-amino-alcohol motifs (C(OH)–C–C–N with tert-alkyl or cyclic N) is 1. The zero-order valence-electron chi connectivity index (χ0n) is 21.8. The number of pyridine rings is 1. The van der Waals surface area contributed by atoms with Crippen molar-refractivity contribution >= 4 is 33.3 Å². The van der Waals surface area contributed by atoms with Crippen molar-refractivity contribution in [2.45, 2.75) is 93.3 Å². The van der Waals surface area contributed by atoms with Gasteiger partial charge in [0.25, 0.3) is 15.9 Å². The molecule has 2 aromatic rings. The molecule has 3 aliphatic rings. The number of hydrogen-bond donors (Lipinski definition) is 2. The van der Waals surface area contributed by atoms with Crippen LogP contribution in [0.5, 0.6) is 5.75 Å². The normalized spacial score (nSPS) is 23.9. The van der Waals surface area contributed by atoms with Gasteiger partial charge in [0.1, 0.15) is 11.6 Å². The monoisotopic (exact) mass is 561 g/mol. The van der Waals surface area contributed by atoms with Crippen LogP contribution in [0.3, 0.4) is 0 Å². The lowest BCUT2D eigenvalue weighted by Crippen LogP contribution is -2.51. The number of ether oxygens (including phenoxy) is 1. The lowest BCUT2D eigenvalue weighted by molar-refractivity contribution is -0.134. The molecule has 2 N–H and O–H groups in total. The van der Waals surface area contributed by atoms with Gasteiger partial charge in [-0.25, -0.2) is 9.71 Å². The fraction of sp³-hybridized carbons (Fsp3) is 0.571. The summed E-state index contributed by atoms with van der Waals surface area (Å²) in [7, 11) is -4.25. The molecule has 1 aromatic carbocycles. The van der Waals surface area contributed by atoms with Crippen LogP contribution in [-0.4, -0.2) is 48.7 Å². The van der Waals surface area contributed by atoms with Gasteiger partial charge in [-0.05, 0) is 87.6 Å². The van der Waals surface area contributed by atoms with Crippen molar-refractivity contribution in [2.75, 3.05) is 18.0 Å². The Morgan fingerprint density at radius 2 is 1.84 bits per heavy atom. The van der Waals surface area contributed by atoms with E-state index in [0.29, 0.717) is 54.9 Å². The molecule has 1 aromatic heterocycles. The van der Waals surface area contributed by atoms with Gasteiger partial charge < -0.3 is 14.7 Å². The summed E-state index contributed by atoms with van der Waals surface area (Å²) in [6, 6.07) is 10.3. The van der Waals surface area contributed by atoms with E-state index >= 15 is 0 Å². The molecular weight excluding hydrogens is 526 g/mol. The first kappa shape index (κ1) is 27.2. The van der Waals surface area contributed by atoms with Gasteiger partial charge >= 0.3 is 0 Å². The lowest BCUT2D eigenvalue weighted by atomic mass is 9.83. The first-order valence-corrected chi connectivity index (χ1v) is 15.4. The highest BCUT2D eigenvalue weighted by atomic mass is 35.5. The van der Waals surface area contributed by atoms with E-state index in [9.17, 15) is 18.3 Å². The maximum Gasteiger partial charge on any atom is 0.281 e. The van der Waals surface area contributed by atoms with Gasteiger partial charge in [-0.15, -0.1) is 0 Å². The number of rotatable bonds is 7. The summed E-state index contributed by atoms with van der Waals surface area (Å²) in [5.74, 6) is 0.668. The second-order valence-electron chi connectivity index (χ2n) is 11.3. The topological polar surface area (TPSA) is 109 Å². The molecular formula is C28H36ClN3O5S. The third-order valence-electron chi connectivity index (χ3n) is 8.14. The van der Waals surface area contributed by atoms with Crippen LogP contribution < -0.4 is 14.4 Å². The third kappa shape index (κ3) is 5.80. The number of nitrogens with zero attached hydrogens (tertiary/aromatic N) is 2. The number of aromatic nitrogens is 1. The van der Waals surface area contributed by atoms with Crippen LogP contribution in [0.2, 0.25) is 5.02 Å². The number of carbonyl (C=O) groups excluding carboxylic acids is 1. The van der Waals surface area contributed by atoms with Gasteiger partial charge in [0.2, 0.25) is 0 Å². The Morgan fingerprint density at radius 1 is 1.11 bits per heavy atom. The van der Waals surface area contributed by atoms with Gasteiger partial charge in [0.15, 0.2) is 10.6 Å². The molecule has 5 rings (SSSR count). The molecule has 0 bridgehead atoms. The highest BCUT2D eigenvalue weighted by Crippen LogP contribution is 2.42. The first-order valence-electron chi connectivity index (χ1n) is 13.6. The molecule has 0 spiro atoms. The Morgan fingerprint density at radius 3 is 2.53 bits per heavy atom. The van der Waals surface area contributed by atoms with Gasteiger partial charge in [-0.3, -0.25) is 4.79 Å². The highest BCUT2D eigenvalue weighted by Gasteiger charge is 2.46. The molecule has 1 unspecified atom stereocenters. The molecule has 2 aliphatic carbocycles. The van der Waals surface area contributed by atoms with Gasteiger partial charge in [0, 0.05) is 18.1 Å². The Bertz CT molecular complexity index is 1290. The van der Waals surface area contributed by atoms with E-state index < -0.39 is 27.1 Å². The largest absolute Gasteiger partial charge is 0.477 e. The zero-order chi connectivity index (χ0) is 27.0. The number of amides is 1. The maximum atomic E-state index is 13.6. The van der Waals surface area contributed by atoms with Gasteiger partial charge in [-0.2, -0.15) is 8.42 Å². The summed E-state index contributed by atoms with van der Waals surface area (Å²) in [6.07, 6.45) is 8.55. The fourth-order valence-corrected chi connectivity index (χ4v) is 7.19. The predicted molar refractivity (Wildman–Crippen MR) is 146 cm³/mol. The summed E-state index contributed by atoms with van der Waals surface area (Å²) in [5.41, 5.74) is -1.12. The van der Waals surface area contributed by atoms with E-state index in [2.05, 4.69) is 9.71 Å². The number of hydrogen-bond acceptors (Lipinski definition) is 7. The summed E-state index contributed by atoms with van der Waals surface area (Å²) >= 11 is 6.33. The van der Waals surface area contributed by atoms with Crippen LogP contribution >= 0.6 is 11.6 Å². The molecule has 1 atom stereocenters. The van der Waals surface area contributed by atoms with Crippen molar-refractivity contribution in [2.24, 2.45) is 0 Å². The first-order chi connectivity index (χ1) is 18.1. The van der Waals surface area contributed by atoms with Crippen LogP contribution in [0.1, 0.15) is 82.6 Å². The Labute approximate surface area is 229 Å². The molecule has 8 nitrogen and oxygen atoms in total.